The van der Waals surface area contributed by atoms with Gasteiger partial charge in [0.05, 0.1) is 14.2 Å². The van der Waals surface area contributed by atoms with Gasteiger partial charge in [0.2, 0.25) is 11.8 Å². The molecule has 6 nitrogen and oxygen atoms in total. The van der Waals surface area contributed by atoms with Crippen molar-refractivity contribution in [2.24, 2.45) is 0 Å². The van der Waals surface area contributed by atoms with Crippen molar-refractivity contribution in [3.05, 3.63) is 23.8 Å². The van der Waals surface area contributed by atoms with Crippen LogP contribution in [0.3, 0.4) is 0 Å². The van der Waals surface area contributed by atoms with Crippen LogP contribution in [0.4, 0.5) is 0 Å². The molecule has 1 aromatic carbocycles. The maximum Gasteiger partial charge on any atom is 0.221 e. The Kier molecular flexibility index (Phi) is 8.68. The van der Waals surface area contributed by atoms with Crippen molar-refractivity contribution in [3.8, 4) is 11.5 Å². The fraction of sp³-hybridized carbons (Fsp3) is 0.556. The first-order valence-electron chi connectivity index (χ1n) is 8.27. The predicted octanol–water partition coefficient (Wildman–Crippen LogP) is 2.06. The Morgan fingerprint density at radius 2 is 1.88 bits per heavy atom. The minimum atomic E-state index is -0.0868. The van der Waals surface area contributed by atoms with Crippen LogP contribution in [0, 0.1) is 0 Å². The number of methoxy groups -OCH3 is 2. The number of rotatable bonds is 10. The van der Waals surface area contributed by atoms with Crippen molar-refractivity contribution >= 4 is 11.8 Å². The van der Waals surface area contributed by atoms with Crippen molar-refractivity contribution < 1.29 is 19.1 Å². The highest BCUT2D eigenvalue weighted by Gasteiger charge is 2.09. The fourth-order valence-corrected chi connectivity index (χ4v) is 2.18. The summed E-state index contributed by atoms with van der Waals surface area (Å²) in [5.41, 5.74) is 0.918. The van der Waals surface area contributed by atoms with Gasteiger partial charge < -0.3 is 20.1 Å². The molecule has 0 aliphatic carbocycles. The second-order valence-corrected chi connectivity index (χ2v) is 5.65. The average molecular weight is 336 g/mol. The number of carbonyl (C=O) groups is 2. The predicted molar refractivity (Wildman–Crippen MR) is 93.4 cm³/mol. The third kappa shape index (κ3) is 6.89. The van der Waals surface area contributed by atoms with E-state index in [1.807, 2.05) is 32.0 Å². The lowest BCUT2D eigenvalue weighted by Crippen LogP contribution is -2.35. The van der Waals surface area contributed by atoms with E-state index in [-0.39, 0.29) is 17.9 Å². The Bertz CT molecular complexity index is 546. The summed E-state index contributed by atoms with van der Waals surface area (Å²) in [7, 11) is 3.20. The maximum absolute atomic E-state index is 11.9. The van der Waals surface area contributed by atoms with E-state index in [2.05, 4.69) is 10.6 Å². The Labute approximate surface area is 143 Å². The number of aryl methyl sites for hydroxylation is 1. The van der Waals surface area contributed by atoms with E-state index in [1.54, 1.807) is 14.2 Å². The first-order chi connectivity index (χ1) is 11.5. The van der Waals surface area contributed by atoms with Gasteiger partial charge in [0.1, 0.15) is 11.5 Å². The van der Waals surface area contributed by atoms with Gasteiger partial charge >= 0.3 is 0 Å². The van der Waals surface area contributed by atoms with E-state index in [4.69, 9.17) is 9.47 Å². The topological polar surface area (TPSA) is 76.7 Å². The molecule has 0 radical (unpaired) electrons. The summed E-state index contributed by atoms with van der Waals surface area (Å²) < 4.78 is 10.5. The Morgan fingerprint density at radius 1 is 1.12 bits per heavy atom. The van der Waals surface area contributed by atoms with Crippen molar-refractivity contribution in [1.82, 2.24) is 10.6 Å². The van der Waals surface area contributed by atoms with Crippen LogP contribution >= 0.6 is 0 Å². The largest absolute Gasteiger partial charge is 0.497 e. The van der Waals surface area contributed by atoms with E-state index in [0.29, 0.717) is 25.8 Å². The second kappa shape index (κ2) is 10.5. The number of benzene rings is 1. The summed E-state index contributed by atoms with van der Waals surface area (Å²) in [4.78, 5) is 23.5. The summed E-state index contributed by atoms with van der Waals surface area (Å²) in [5, 5.41) is 5.64. The lowest BCUT2D eigenvalue weighted by Gasteiger charge is -2.12. The molecule has 0 spiro atoms. The van der Waals surface area contributed by atoms with Gasteiger partial charge in [0.15, 0.2) is 0 Å². The monoisotopic (exact) mass is 336 g/mol. The lowest BCUT2D eigenvalue weighted by molar-refractivity contribution is -0.122. The molecule has 1 rings (SSSR count). The van der Waals surface area contributed by atoms with Gasteiger partial charge in [-0.05, 0) is 43.5 Å². The van der Waals surface area contributed by atoms with E-state index < -0.39 is 0 Å². The summed E-state index contributed by atoms with van der Waals surface area (Å²) in [6, 6.07) is 5.67. The SMILES string of the molecule is CC[C@@H](C)NC(=O)CCNC(=O)CCc1cc(OC)ccc1OC. The van der Waals surface area contributed by atoms with Gasteiger partial charge in [-0.3, -0.25) is 9.59 Å². The Hall–Kier alpha value is -2.24. The third-order valence-corrected chi connectivity index (χ3v) is 3.80. The minimum Gasteiger partial charge on any atom is -0.497 e. The molecule has 0 saturated carbocycles. The molecule has 0 unspecified atom stereocenters. The molecule has 1 aromatic rings. The van der Waals surface area contributed by atoms with Gasteiger partial charge in [-0.2, -0.15) is 0 Å². The number of carbonyl (C=O) groups excluding carboxylic acids is 2. The van der Waals surface area contributed by atoms with Gasteiger partial charge in [0.25, 0.3) is 0 Å². The number of ether oxygens (including phenoxy) is 2. The van der Waals surface area contributed by atoms with E-state index >= 15 is 0 Å². The number of nitrogens with one attached hydrogen (secondary N) is 2. The Balaban J connectivity index is 2.37. The van der Waals surface area contributed by atoms with Crippen LogP contribution in [-0.2, 0) is 16.0 Å². The van der Waals surface area contributed by atoms with Gasteiger partial charge in [-0.1, -0.05) is 6.92 Å². The minimum absolute atomic E-state index is 0.0425. The van der Waals surface area contributed by atoms with E-state index in [0.717, 1.165) is 23.5 Å². The van der Waals surface area contributed by atoms with E-state index in [9.17, 15) is 9.59 Å². The standard InChI is InChI=1S/C18H28N2O4/c1-5-13(2)20-18(22)10-11-19-17(21)9-6-14-12-15(23-3)7-8-16(14)24-4/h7-8,12-13H,5-6,9-11H2,1-4H3,(H,19,21)(H,20,22)/t13-/m1/s1. The zero-order valence-corrected chi connectivity index (χ0v) is 15.0. The zero-order chi connectivity index (χ0) is 17.9. The molecule has 0 heterocycles. The first kappa shape index (κ1) is 19.8. The normalized spacial score (nSPS) is 11.5. The highest BCUT2D eigenvalue weighted by molar-refractivity contribution is 5.79. The Morgan fingerprint density at radius 3 is 2.50 bits per heavy atom. The van der Waals surface area contributed by atoms with Crippen molar-refractivity contribution in [3.63, 3.8) is 0 Å². The van der Waals surface area contributed by atoms with E-state index in [1.165, 1.54) is 0 Å². The zero-order valence-electron chi connectivity index (χ0n) is 15.0. The number of hydrogen-bond donors (Lipinski definition) is 2. The summed E-state index contributed by atoms with van der Waals surface area (Å²) in [6.45, 7) is 4.31. The van der Waals surface area contributed by atoms with Crippen LogP contribution in [0.2, 0.25) is 0 Å². The molecule has 0 fully saturated rings. The highest BCUT2D eigenvalue weighted by atomic mass is 16.5. The molecule has 6 heteroatoms. The highest BCUT2D eigenvalue weighted by Crippen LogP contribution is 2.24. The molecule has 0 saturated heterocycles. The van der Waals surface area contributed by atoms with Crippen LogP contribution < -0.4 is 20.1 Å². The third-order valence-electron chi connectivity index (χ3n) is 3.80. The molecular weight excluding hydrogens is 308 g/mol. The molecule has 24 heavy (non-hydrogen) atoms. The summed E-state index contributed by atoms with van der Waals surface area (Å²) in [5.74, 6) is 1.33. The van der Waals surface area contributed by atoms with Crippen LogP contribution in [0.1, 0.15) is 38.7 Å². The molecular formula is C18H28N2O4. The quantitative estimate of drug-likeness (QED) is 0.686. The van der Waals surface area contributed by atoms with Crippen molar-refractivity contribution in [2.45, 2.75) is 45.6 Å². The van der Waals surface area contributed by atoms with Gasteiger partial charge in [-0.25, -0.2) is 0 Å². The molecule has 0 aliphatic heterocycles. The fourth-order valence-electron chi connectivity index (χ4n) is 2.18. The molecule has 2 amide bonds. The van der Waals surface area contributed by atoms with Crippen molar-refractivity contribution in [1.29, 1.82) is 0 Å². The summed E-state index contributed by atoms with van der Waals surface area (Å²) >= 11 is 0. The molecule has 0 aromatic heterocycles. The molecule has 0 aliphatic rings. The maximum atomic E-state index is 11.9. The number of amides is 2. The lowest BCUT2D eigenvalue weighted by atomic mass is 10.1. The smallest absolute Gasteiger partial charge is 0.221 e. The molecule has 134 valence electrons. The second-order valence-electron chi connectivity index (χ2n) is 5.65. The molecule has 2 N–H and O–H groups in total. The average Bonchev–Trinajstić information content (AvgIpc) is 2.59. The van der Waals surface area contributed by atoms with Crippen LogP contribution in [0.5, 0.6) is 11.5 Å². The van der Waals surface area contributed by atoms with Crippen molar-refractivity contribution in [2.75, 3.05) is 20.8 Å². The molecule has 0 bridgehead atoms. The van der Waals surface area contributed by atoms with Crippen LogP contribution in [0.25, 0.3) is 0 Å². The van der Waals surface area contributed by atoms with Gasteiger partial charge in [0, 0.05) is 25.4 Å². The molecule has 1 atom stereocenters. The number of hydrogen-bond acceptors (Lipinski definition) is 4. The van der Waals surface area contributed by atoms with Gasteiger partial charge in [-0.15, -0.1) is 0 Å². The van der Waals surface area contributed by atoms with Crippen LogP contribution in [0.15, 0.2) is 18.2 Å². The van der Waals surface area contributed by atoms with Crippen LogP contribution in [-0.4, -0.2) is 38.6 Å². The summed E-state index contributed by atoms with van der Waals surface area (Å²) in [6.07, 6.45) is 2.06. The first-order valence-corrected chi connectivity index (χ1v) is 8.27.